The van der Waals surface area contributed by atoms with Crippen molar-refractivity contribution in [3.8, 4) is 0 Å². The molecular weight excluding hydrogens is 392 g/mol. The summed E-state index contributed by atoms with van der Waals surface area (Å²) >= 11 is 0. The second kappa shape index (κ2) is 10.3. The second-order valence-electron chi connectivity index (χ2n) is 8.57. The van der Waals surface area contributed by atoms with Crippen LogP contribution in [0.25, 0.3) is 0 Å². The lowest BCUT2D eigenvalue weighted by Gasteiger charge is -2.26. The average molecular weight is 425 g/mol. The Labute approximate surface area is 182 Å². The van der Waals surface area contributed by atoms with Crippen LogP contribution in [-0.2, 0) is 11.3 Å². The molecular formula is C24H32N4O3. The first kappa shape index (κ1) is 22.6. The summed E-state index contributed by atoms with van der Waals surface area (Å²) in [5.74, 6) is 0.000258. The number of benzene rings is 1. The molecule has 0 aliphatic heterocycles. The van der Waals surface area contributed by atoms with Gasteiger partial charge in [0.05, 0.1) is 6.54 Å². The van der Waals surface area contributed by atoms with Crippen molar-refractivity contribution in [3.63, 3.8) is 0 Å². The van der Waals surface area contributed by atoms with Gasteiger partial charge < -0.3 is 10.6 Å². The van der Waals surface area contributed by atoms with Gasteiger partial charge in [0.25, 0.3) is 5.56 Å². The maximum atomic E-state index is 13.1. The lowest BCUT2D eigenvalue weighted by atomic mass is 9.97. The molecule has 7 nitrogen and oxygen atoms in total. The van der Waals surface area contributed by atoms with E-state index in [0.717, 1.165) is 24.8 Å². The highest BCUT2D eigenvalue weighted by Gasteiger charge is 2.25. The molecule has 0 spiro atoms. The first-order valence-electron chi connectivity index (χ1n) is 11.0. The summed E-state index contributed by atoms with van der Waals surface area (Å²) in [5, 5.41) is 0. The predicted molar refractivity (Wildman–Crippen MR) is 124 cm³/mol. The number of hydrogen-bond donors (Lipinski definition) is 2. The number of nitrogen functional groups attached to an aromatic ring is 1. The van der Waals surface area contributed by atoms with Crippen LogP contribution in [0.5, 0.6) is 0 Å². The molecule has 0 saturated heterocycles. The van der Waals surface area contributed by atoms with Crippen molar-refractivity contribution in [1.82, 2.24) is 9.55 Å². The molecule has 1 heterocycles. The fourth-order valence-electron chi connectivity index (χ4n) is 3.97. The van der Waals surface area contributed by atoms with Crippen LogP contribution in [0, 0.1) is 5.92 Å². The average Bonchev–Trinajstić information content (AvgIpc) is 2.74. The highest BCUT2D eigenvalue weighted by molar-refractivity contribution is 5.95. The van der Waals surface area contributed by atoms with E-state index in [4.69, 9.17) is 5.73 Å². The number of nitrogens with one attached hydrogen (secondary N) is 1. The van der Waals surface area contributed by atoms with Crippen molar-refractivity contribution in [2.45, 2.75) is 58.9 Å². The number of carbonyl (C=O) groups is 1. The van der Waals surface area contributed by atoms with E-state index in [1.807, 2.05) is 44.2 Å². The summed E-state index contributed by atoms with van der Waals surface area (Å²) in [6.45, 7) is 4.51. The van der Waals surface area contributed by atoms with Crippen molar-refractivity contribution in [2.24, 2.45) is 5.92 Å². The van der Waals surface area contributed by atoms with Crippen molar-refractivity contribution in [3.05, 3.63) is 68.4 Å². The number of nitrogens with zero attached hydrogens (tertiary/aromatic N) is 2. The van der Waals surface area contributed by atoms with Crippen molar-refractivity contribution < 1.29 is 4.79 Å². The van der Waals surface area contributed by atoms with Crippen LogP contribution in [0.4, 0.5) is 11.5 Å². The monoisotopic (exact) mass is 424 g/mol. The van der Waals surface area contributed by atoms with E-state index in [0.29, 0.717) is 19.4 Å². The Morgan fingerprint density at radius 2 is 1.94 bits per heavy atom. The van der Waals surface area contributed by atoms with Gasteiger partial charge in [-0.2, -0.15) is 0 Å². The topological polar surface area (TPSA) is 101 Å². The minimum atomic E-state index is -0.624. The van der Waals surface area contributed by atoms with Gasteiger partial charge >= 0.3 is 5.69 Å². The number of anilines is 2. The SMILES string of the molecule is CC(C)CC(=O)N(CCC1=CCCCC1)c1c(N)n(Cc2ccccc2)c(=O)[nH]c1=O. The third kappa shape index (κ3) is 5.75. The van der Waals surface area contributed by atoms with Gasteiger partial charge in [-0.15, -0.1) is 0 Å². The molecule has 0 fully saturated rings. The van der Waals surface area contributed by atoms with Gasteiger partial charge in [0, 0.05) is 13.0 Å². The van der Waals surface area contributed by atoms with Gasteiger partial charge in [0.2, 0.25) is 5.91 Å². The number of aromatic amines is 1. The lowest BCUT2D eigenvalue weighted by molar-refractivity contribution is -0.119. The van der Waals surface area contributed by atoms with E-state index >= 15 is 0 Å². The standard InChI is InChI=1S/C24H32N4O3/c1-17(2)15-20(29)27(14-13-18-9-5-3-6-10-18)21-22(25)28(24(31)26-23(21)30)16-19-11-7-4-8-12-19/h4,7-9,11-12,17H,3,5-6,10,13-16,25H2,1-2H3,(H,26,30,31). The quantitative estimate of drug-likeness (QED) is 0.634. The van der Waals surface area contributed by atoms with Crippen LogP contribution in [0.15, 0.2) is 51.6 Å². The molecule has 1 aliphatic rings. The van der Waals surface area contributed by atoms with E-state index < -0.39 is 11.2 Å². The molecule has 3 N–H and O–H groups in total. The Morgan fingerprint density at radius 3 is 2.58 bits per heavy atom. The Kier molecular flexibility index (Phi) is 7.50. The summed E-state index contributed by atoms with van der Waals surface area (Å²) in [6.07, 6.45) is 7.65. The Bertz CT molecular complexity index is 1050. The minimum absolute atomic E-state index is 0.0207. The summed E-state index contributed by atoms with van der Waals surface area (Å²) in [7, 11) is 0. The molecule has 3 rings (SSSR count). The zero-order chi connectivity index (χ0) is 22.4. The van der Waals surface area contributed by atoms with Gasteiger partial charge in [-0.3, -0.25) is 19.1 Å². The summed E-state index contributed by atoms with van der Waals surface area (Å²) in [5.41, 5.74) is 7.39. The zero-order valence-electron chi connectivity index (χ0n) is 18.4. The largest absolute Gasteiger partial charge is 0.383 e. The summed E-state index contributed by atoms with van der Waals surface area (Å²) in [6, 6.07) is 9.40. The molecule has 1 aliphatic carbocycles. The Balaban J connectivity index is 1.99. The van der Waals surface area contributed by atoms with Gasteiger partial charge in [0.1, 0.15) is 5.82 Å². The van der Waals surface area contributed by atoms with Gasteiger partial charge in [0.15, 0.2) is 5.69 Å². The third-order valence-corrected chi connectivity index (χ3v) is 5.59. The number of allylic oxidation sites excluding steroid dienone is 1. The normalized spacial score (nSPS) is 13.8. The molecule has 2 aromatic rings. The molecule has 166 valence electrons. The van der Waals surface area contributed by atoms with Crippen LogP contribution in [0.2, 0.25) is 0 Å². The number of hydrogen-bond acceptors (Lipinski definition) is 4. The van der Waals surface area contributed by atoms with E-state index in [2.05, 4.69) is 11.1 Å². The maximum absolute atomic E-state index is 13.1. The van der Waals surface area contributed by atoms with Crippen molar-refractivity contribution in [2.75, 3.05) is 17.2 Å². The highest BCUT2D eigenvalue weighted by atomic mass is 16.2. The smallest absolute Gasteiger partial charge is 0.330 e. The first-order chi connectivity index (χ1) is 14.9. The minimum Gasteiger partial charge on any atom is -0.383 e. The number of rotatable bonds is 8. The molecule has 0 unspecified atom stereocenters. The first-order valence-corrected chi connectivity index (χ1v) is 11.0. The number of carbonyl (C=O) groups excluding carboxylic acids is 1. The van der Waals surface area contributed by atoms with E-state index in [9.17, 15) is 14.4 Å². The maximum Gasteiger partial charge on any atom is 0.330 e. The Hall–Kier alpha value is -3.09. The molecule has 0 bridgehead atoms. The van der Waals surface area contributed by atoms with Crippen LogP contribution < -0.4 is 21.9 Å². The van der Waals surface area contributed by atoms with Gasteiger partial charge in [-0.25, -0.2) is 4.79 Å². The lowest BCUT2D eigenvalue weighted by Crippen LogP contribution is -2.42. The molecule has 0 saturated carbocycles. The third-order valence-electron chi connectivity index (χ3n) is 5.59. The van der Waals surface area contributed by atoms with Gasteiger partial charge in [-0.05, 0) is 43.6 Å². The number of H-pyrrole nitrogens is 1. The molecule has 0 atom stereocenters. The van der Waals surface area contributed by atoms with Crippen molar-refractivity contribution >= 4 is 17.4 Å². The van der Waals surface area contributed by atoms with E-state index in [1.54, 1.807) is 0 Å². The summed E-state index contributed by atoms with van der Waals surface area (Å²) in [4.78, 5) is 42.2. The van der Waals surface area contributed by atoms with E-state index in [1.165, 1.54) is 21.5 Å². The molecule has 1 amide bonds. The number of nitrogens with two attached hydrogens (primary N) is 1. The fraction of sp³-hybridized carbons (Fsp3) is 0.458. The highest BCUT2D eigenvalue weighted by Crippen LogP contribution is 2.24. The zero-order valence-corrected chi connectivity index (χ0v) is 18.4. The molecule has 1 aromatic carbocycles. The summed E-state index contributed by atoms with van der Waals surface area (Å²) < 4.78 is 1.32. The molecule has 1 aromatic heterocycles. The predicted octanol–water partition coefficient (Wildman–Crippen LogP) is 3.44. The van der Waals surface area contributed by atoms with Crippen LogP contribution in [0.1, 0.15) is 57.9 Å². The van der Waals surface area contributed by atoms with Crippen LogP contribution in [-0.4, -0.2) is 22.0 Å². The van der Waals surface area contributed by atoms with Gasteiger partial charge in [-0.1, -0.05) is 55.8 Å². The second-order valence-corrected chi connectivity index (χ2v) is 8.57. The number of aromatic nitrogens is 2. The van der Waals surface area contributed by atoms with Crippen LogP contribution in [0.3, 0.4) is 0 Å². The van der Waals surface area contributed by atoms with Crippen molar-refractivity contribution in [1.29, 1.82) is 0 Å². The molecule has 0 radical (unpaired) electrons. The molecule has 31 heavy (non-hydrogen) atoms. The molecule has 7 heteroatoms. The van der Waals surface area contributed by atoms with E-state index in [-0.39, 0.29) is 29.9 Å². The Morgan fingerprint density at radius 1 is 1.19 bits per heavy atom. The van der Waals surface area contributed by atoms with Crippen LogP contribution >= 0.6 is 0 Å². The number of amides is 1. The fourth-order valence-corrected chi connectivity index (χ4v) is 3.97.